The second-order valence-electron chi connectivity index (χ2n) is 7.23. The van der Waals surface area contributed by atoms with E-state index in [0.29, 0.717) is 46.6 Å². The van der Waals surface area contributed by atoms with Crippen molar-refractivity contribution >= 4 is 34.7 Å². The van der Waals surface area contributed by atoms with Gasteiger partial charge in [0.1, 0.15) is 11.6 Å². The molecule has 0 aliphatic heterocycles. The Labute approximate surface area is 192 Å². The first-order chi connectivity index (χ1) is 15.4. The molecular formula is C23H26ClFN6O. The lowest BCUT2D eigenvalue weighted by Crippen LogP contribution is -2.27. The van der Waals surface area contributed by atoms with Crippen LogP contribution in [-0.4, -0.2) is 45.6 Å². The van der Waals surface area contributed by atoms with E-state index in [-0.39, 0.29) is 11.5 Å². The number of pyridine rings is 1. The van der Waals surface area contributed by atoms with Gasteiger partial charge in [0, 0.05) is 41.5 Å². The van der Waals surface area contributed by atoms with Crippen LogP contribution in [0.15, 0.2) is 42.6 Å². The lowest BCUT2D eigenvalue weighted by Gasteiger charge is -2.17. The molecule has 168 valence electrons. The monoisotopic (exact) mass is 456 g/mol. The number of aryl methyl sites for hydroxylation is 1. The normalized spacial score (nSPS) is 10.9. The fourth-order valence-corrected chi connectivity index (χ4v) is 3.31. The molecule has 0 saturated carbocycles. The third kappa shape index (κ3) is 6.21. The molecule has 0 spiro atoms. The Morgan fingerprint density at radius 2 is 1.91 bits per heavy atom. The highest BCUT2D eigenvalue weighted by atomic mass is 35.5. The van der Waals surface area contributed by atoms with E-state index in [9.17, 15) is 9.18 Å². The molecule has 2 heterocycles. The molecule has 0 aliphatic carbocycles. The first kappa shape index (κ1) is 23.6. The van der Waals surface area contributed by atoms with Gasteiger partial charge in [0.25, 0.3) is 0 Å². The summed E-state index contributed by atoms with van der Waals surface area (Å²) in [6.45, 7) is 8.44. The highest BCUT2D eigenvalue weighted by Crippen LogP contribution is 2.28. The molecule has 1 aromatic carbocycles. The summed E-state index contributed by atoms with van der Waals surface area (Å²) in [5, 5.41) is 14.7. The molecular weight excluding hydrogens is 431 g/mol. The summed E-state index contributed by atoms with van der Waals surface area (Å²) >= 11 is 6.01. The van der Waals surface area contributed by atoms with E-state index in [1.807, 2.05) is 0 Å². The highest BCUT2D eigenvalue weighted by Gasteiger charge is 2.12. The van der Waals surface area contributed by atoms with Crippen molar-refractivity contribution in [2.75, 3.05) is 30.3 Å². The van der Waals surface area contributed by atoms with Crippen LogP contribution in [0.2, 0.25) is 5.02 Å². The second-order valence-corrected chi connectivity index (χ2v) is 7.67. The molecule has 32 heavy (non-hydrogen) atoms. The van der Waals surface area contributed by atoms with Gasteiger partial charge >= 0.3 is 0 Å². The number of hydrogen-bond acceptors (Lipinski definition) is 6. The molecule has 0 fully saturated rings. The van der Waals surface area contributed by atoms with Crippen LogP contribution in [0.5, 0.6) is 0 Å². The first-order valence-corrected chi connectivity index (χ1v) is 10.8. The van der Waals surface area contributed by atoms with Gasteiger partial charge in [-0.25, -0.2) is 9.37 Å². The van der Waals surface area contributed by atoms with Gasteiger partial charge in [-0.3, -0.25) is 4.79 Å². The molecule has 0 radical (unpaired) electrons. The van der Waals surface area contributed by atoms with Gasteiger partial charge in [-0.2, -0.15) is 10.2 Å². The number of rotatable bonds is 9. The zero-order valence-corrected chi connectivity index (χ0v) is 19.1. The molecule has 0 atom stereocenters. The summed E-state index contributed by atoms with van der Waals surface area (Å²) in [6, 6.07) is 9.50. The average Bonchev–Trinajstić information content (AvgIpc) is 2.78. The van der Waals surface area contributed by atoms with Gasteiger partial charge in [0.05, 0.1) is 17.1 Å². The van der Waals surface area contributed by atoms with Crippen molar-refractivity contribution in [2.45, 2.75) is 27.2 Å². The zero-order valence-electron chi connectivity index (χ0n) is 18.3. The summed E-state index contributed by atoms with van der Waals surface area (Å²) < 4.78 is 14.2. The Morgan fingerprint density at radius 3 is 2.66 bits per heavy atom. The number of aromatic nitrogens is 3. The van der Waals surface area contributed by atoms with E-state index in [1.165, 1.54) is 18.2 Å². The minimum absolute atomic E-state index is 0.0953. The number of carbonyl (C=O) groups is 1. The standard InChI is InChI=1S/C23H26ClFN6O/c1-4-31(5-2)11-9-23(32)28-22-13-17(8-10-26-22)27-20-14-21(30-29-15(20)3)18-12-16(24)6-7-19(18)25/h6-8,10,12-14H,4-5,9,11H2,1-3H3,(H2,26,27,28,30,32). The number of halogens is 2. The van der Waals surface area contributed by atoms with Crippen molar-refractivity contribution in [2.24, 2.45) is 0 Å². The van der Waals surface area contributed by atoms with Gasteiger partial charge < -0.3 is 15.5 Å². The quantitative estimate of drug-likeness (QED) is 0.468. The minimum atomic E-state index is -0.433. The van der Waals surface area contributed by atoms with Crippen molar-refractivity contribution in [1.29, 1.82) is 0 Å². The Hall–Kier alpha value is -3.10. The van der Waals surface area contributed by atoms with Crippen LogP contribution < -0.4 is 10.6 Å². The van der Waals surface area contributed by atoms with Crippen molar-refractivity contribution in [1.82, 2.24) is 20.1 Å². The van der Waals surface area contributed by atoms with Crippen LogP contribution in [0.3, 0.4) is 0 Å². The van der Waals surface area contributed by atoms with Crippen molar-refractivity contribution in [3.05, 3.63) is 59.1 Å². The van der Waals surface area contributed by atoms with Crippen LogP contribution in [0, 0.1) is 12.7 Å². The SMILES string of the molecule is CCN(CC)CCC(=O)Nc1cc(Nc2cc(-c3cc(Cl)ccc3F)nnc2C)ccn1. The van der Waals surface area contributed by atoms with Crippen molar-refractivity contribution < 1.29 is 9.18 Å². The number of amides is 1. The maximum Gasteiger partial charge on any atom is 0.226 e. The zero-order chi connectivity index (χ0) is 23.1. The molecule has 3 rings (SSSR count). The summed E-state index contributed by atoms with van der Waals surface area (Å²) in [5.41, 5.74) is 2.62. The number of benzene rings is 1. The predicted molar refractivity (Wildman–Crippen MR) is 126 cm³/mol. The topological polar surface area (TPSA) is 83.0 Å². The molecule has 0 saturated heterocycles. The fourth-order valence-electron chi connectivity index (χ4n) is 3.14. The van der Waals surface area contributed by atoms with Crippen LogP contribution in [-0.2, 0) is 4.79 Å². The number of carbonyl (C=O) groups excluding carboxylic acids is 1. The van der Waals surface area contributed by atoms with Gasteiger partial charge in [0.2, 0.25) is 5.91 Å². The van der Waals surface area contributed by atoms with Gasteiger partial charge in [-0.15, -0.1) is 0 Å². The van der Waals surface area contributed by atoms with Crippen molar-refractivity contribution in [3.8, 4) is 11.3 Å². The third-order valence-electron chi connectivity index (χ3n) is 5.04. The van der Waals surface area contributed by atoms with Crippen molar-refractivity contribution in [3.63, 3.8) is 0 Å². The highest BCUT2D eigenvalue weighted by molar-refractivity contribution is 6.30. The molecule has 0 bridgehead atoms. The Morgan fingerprint density at radius 1 is 1.12 bits per heavy atom. The van der Waals surface area contributed by atoms with Crippen LogP contribution in [0.1, 0.15) is 26.0 Å². The summed E-state index contributed by atoms with van der Waals surface area (Å²) in [6.07, 6.45) is 1.99. The smallest absolute Gasteiger partial charge is 0.226 e. The molecule has 3 aromatic rings. The number of hydrogen-bond donors (Lipinski definition) is 2. The molecule has 9 heteroatoms. The minimum Gasteiger partial charge on any atom is -0.354 e. The van der Waals surface area contributed by atoms with Gasteiger partial charge in [0.15, 0.2) is 0 Å². The Kier molecular flexibility index (Phi) is 8.08. The van der Waals surface area contributed by atoms with Crippen LogP contribution in [0.4, 0.5) is 21.6 Å². The van der Waals surface area contributed by atoms with E-state index in [1.54, 1.807) is 31.3 Å². The maximum absolute atomic E-state index is 14.2. The Balaban J connectivity index is 1.74. The average molecular weight is 457 g/mol. The van der Waals surface area contributed by atoms with E-state index < -0.39 is 5.82 Å². The molecule has 7 nitrogen and oxygen atoms in total. The first-order valence-electron chi connectivity index (χ1n) is 10.4. The molecule has 2 N–H and O–H groups in total. The van der Waals surface area contributed by atoms with E-state index >= 15 is 0 Å². The second kappa shape index (κ2) is 11.0. The maximum atomic E-state index is 14.2. The molecule has 0 unspecified atom stereocenters. The Bertz CT molecular complexity index is 1090. The number of nitrogens with one attached hydrogen (secondary N) is 2. The molecule has 1 amide bonds. The van der Waals surface area contributed by atoms with Crippen LogP contribution >= 0.6 is 11.6 Å². The number of nitrogens with zero attached hydrogens (tertiary/aromatic N) is 4. The predicted octanol–water partition coefficient (Wildman–Crippen LogP) is 5.05. The number of anilines is 3. The van der Waals surface area contributed by atoms with Crippen LogP contribution in [0.25, 0.3) is 11.3 Å². The molecule has 0 aliphatic rings. The lowest BCUT2D eigenvalue weighted by molar-refractivity contribution is -0.116. The summed E-state index contributed by atoms with van der Waals surface area (Å²) in [5.74, 6) is -0.0838. The largest absolute Gasteiger partial charge is 0.354 e. The molecule has 2 aromatic heterocycles. The van der Waals surface area contributed by atoms with E-state index in [4.69, 9.17) is 11.6 Å². The lowest BCUT2D eigenvalue weighted by atomic mass is 10.1. The summed E-state index contributed by atoms with van der Waals surface area (Å²) in [4.78, 5) is 18.7. The summed E-state index contributed by atoms with van der Waals surface area (Å²) in [7, 11) is 0. The van der Waals surface area contributed by atoms with Gasteiger partial charge in [-0.1, -0.05) is 25.4 Å². The van der Waals surface area contributed by atoms with E-state index in [2.05, 4.69) is 44.6 Å². The van der Waals surface area contributed by atoms with Gasteiger partial charge in [-0.05, 0) is 50.3 Å². The van der Waals surface area contributed by atoms with E-state index in [0.717, 1.165) is 13.1 Å². The fraction of sp³-hybridized carbons (Fsp3) is 0.304. The third-order valence-corrected chi connectivity index (χ3v) is 5.27.